The van der Waals surface area contributed by atoms with E-state index in [-0.39, 0.29) is 4.90 Å². The maximum Gasteiger partial charge on any atom is 0.238 e. The minimum Gasteiger partial charge on any atom is -0.379 e. The van der Waals surface area contributed by atoms with Crippen molar-refractivity contribution in [3.63, 3.8) is 0 Å². The lowest BCUT2D eigenvalue weighted by Crippen LogP contribution is -2.13. The Kier molecular flexibility index (Phi) is 5.03. The highest BCUT2D eigenvalue weighted by molar-refractivity contribution is 9.11. The smallest absolute Gasteiger partial charge is 0.238 e. The van der Waals surface area contributed by atoms with E-state index in [1.807, 2.05) is 13.0 Å². The molecule has 5 nitrogen and oxygen atoms in total. The van der Waals surface area contributed by atoms with E-state index in [9.17, 15) is 8.42 Å². The molecule has 0 bridgehead atoms. The first-order valence-electron chi connectivity index (χ1n) is 5.94. The molecule has 0 aliphatic carbocycles. The van der Waals surface area contributed by atoms with Gasteiger partial charge >= 0.3 is 0 Å². The number of rotatable bonds is 4. The normalized spacial score (nSPS) is 11.4. The number of benzene rings is 1. The standard InChI is InChI=1S/C13H13Br2N3O2S/c1-8-2-3-10(21(16,19)20)5-12(8)18-7-13-11(15)4-9(14)6-17-13/h2-6,18H,7H2,1H3,(H2,16,19,20). The number of nitrogens with zero attached hydrogens (tertiary/aromatic N) is 1. The van der Waals surface area contributed by atoms with Crippen molar-refractivity contribution in [3.8, 4) is 0 Å². The Bertz CT molecular complexity index is 779. The van der Waals surface area contributed by atoms with Gasteiger partial charge in [0.05, 0.1) is 17.1 Å². The molecule has 0 unspecified atom stereocenters. The summed E-state index contributed by atoms with van der Waals surface area (Å²) in [6.07, 6.45) is 1.70. The summed E-state index contributed by atoms with van der Waals surface area (Å²) in [4.78, 5) is 4.38. The van der Waals surface area contributed by atoms with Crippen LogP contribution in [0.15, 0.2) is 44.3 Å². The number of aromatic nitrogens is 1. The summed E-state index contributed by atoms with van der Waals surface area (Å²) in [6, 6.07) is 6.63. The lowest BCUT2D eigenvalue weighted by atomic mass is 10.2. The molecule has 8 heteroatoms. The van der Waals surface area contributed by atoms with Gasteiger partial charge in [0.15, 0.2) is 0 Å². The average molecular weight is 435 g/mol. The van der Waals surface area contributed by atoms with E-state index in [0.29, 0.717) is 12.2 Å². The van der Waals surface area contributed by atoms with Crippen molar-refractivity contribution in [1.29, 1.82) is 0 Å². The first-order chi connectivity index (χ1) is 9.77. The molecule has 1 aromatic heterocycles. The number of hydrogen-bond acceptors (Lipinski definition) is 4. The lowest BCUT2D eigenvalue weighted by Gasteiger charge is -2.11. The molecule has 1 heterocycles. The summed E-state index contributed by atoms with van der Waals surface area (Å²) in [7, 11) is -3.71. The van der Waals surface area contributed by atoms with Crippen LogP contribution in [0.4, 0.5) is 5.69 Å². The monoisotopic (exact) mass is 433 g/mol. The molecule has 112 valence electrons. The molecule has 0 spiro atoms. The quantitative estimate of drug-likeness (QED) is 0.773. The predicted octanol–water partition coefficient (Wildman–Crippen LogP) is 3.17. The second-order valence-corrected chi connectivity index (χ2v) is 7.79. The Labute approximate surface area is 140 Å². The molecule has 0 fully saturated rings. The summed E-state index contributed by atoms with van der Waals surface area (Å²) in [6.45, 7) is 2.35. The number of nitrogens with one attached hydrogen (secondary N) is 1. The fourth-order valence-electron chi connectivity index (χ4n) is 1.72. The van der Waals surface area contributed by atoms with Gasteiger partial charge in [0, 0.05) is 20.8 Å². The van der Waals surface area contributed by atoms with E-state index in [4.69, 9.17) is 5.14 Å². The van der Waals surface area contributed by atoms with E-state index < -0.39 is 10.0 Å². The number of pyridine rings is 1. The summed E-state index contributed by atoms with van der Waals surface area (Å²) >= 11 is 6.78. The SMILES string of the molecule is Cc1ccc(S(N)(=O)=O)cc1NCc1ncc(Br)cc1Br. The third kappa shape index (κ3) is 4.26. The molecule has 0 atom stereocenters. The minimum atomic E-state index is -3.71. The lowest BCUT2D eigenvalue weighted by molar-refractivity contribution is 0.598. The zero-order valence-corrected chi connectivity index (χ0v) is 15.1. The third-order valence-corrected chi connectivity index (χ3v) is 4.90. The summed E-state index contributed by atoms with van der Waals surface area (Å²) < 4.78 is 24.5. The van der Waals surface area contributed by atoms with Crippen molar-refractivity contribution < 1.29 is 8.42 Å². The average Bonchev–Trinajstić information content (AvgIpc) is 2.38. The first kappa shape index (κ1) is 16.4. The van der Waals surface area contributed by atoms with E-state index in [2.05, 4.69) is 42.2 Å². The molecule has 1 aromatic carbocycles. The Morgan fingerprint density at radius 3 is 2.62 bits per heavy atom. The second-order valence-electron chi connectivity index (χ2n) is 4.46. The van der Waals surface area contributed by atoms with Crippen LogP contribution in [0.5, 0.6) is 0 Å². The molecule has 2 rings (SSSR count). The zero-order chi connectivity index (χ0) is 15.6. The van der Waals surface area contributed by atoms with E-state index in [1.54, 1.807) is 12.3 Å². The molecule has 0 saturated heterocycles. The fraction of sp³-hybridized carbons (Fsp3) is 0.154. The van der Waals surface area contributed by atoms with Gasteiger partial charge in [-0.2, -0.15) is 0 Å². The van der Waals surface area contributed by atoms with Crippen molar-refractivity contribution in [2.75, 3.05) is 5.32 Å². The van der Waals surface area contributed by atoms with Crippen LogP contribution < -0.4 is 10.5 Å². The number of aryl methyl sites for hydroxylation is 1. The number of hydrogen-bond donors (Lipinski definition) is 2. The third-order valence-electron chi connectivity index (χ3n) is 2.87. The van der Waals surface area contributed by atoms with Crippen molar-refractivity contribution >= 4 is 47.6 Å². The first-order valence-corrected chi connectivity index (χ1v) is 9.08. The van der Waals surface area contributed by atoms with Crippen LogP contribution in [0, 0.1) is 6.92 Å². The van der Waals surface area contributed by atoms with Crippen LogP contribution in [0.25, 0.3) is 0 Å². The van der Waals surface area contributed by atoms with Crippen LogP contribution >= 0.6 is 31.9 Å². The summed E-state index contributed by atoms with van der Waals surface area (Å²) in [5.74, 6) is 0. The number of primary sulfonamides is 1. The van der Waals surface area contributed by atoms with Gasteiger partial charge in [0.25, 0.3) is 0 Å². The van der Waals surface area contributed by atoms with Crippen LogP contribution in [-0.2, 0) is 16.6 Å². The Balaban J connectivity index is 2.23. The molecule has 0 aliphatic heterocycles. The van der Waals surface area contributed by atoms with E-state index >= 15 is 0 Å². The molecule has 0 aliphatic rings. The minimum absolute atomic E-state index is 0.0819. The van der Waals surface area contributed by atoms with Gasteiger partial charge in [0.2, 0.25) is 10.0 Å². The highest BCUT2D eigenvalue weighted by atomic mass is 79.9. The number of nitrogens with two attached hydrogens (primary N) is 1. The van der Waals surface area contributed by atoms with E-state index in [0.717, 1.165) is 20.2 Å². The number of halogens is 2. The predicted molar refractivity (Wildman–Crippen MR) is 89.5 cm³/mol. The molecule has 0 saturated carbocycles. The largest absolute Gasteiger partial charge is 0.379 e. The van der Waals surface area contributed by atoms with Gasteiger partial charge in [-0.25, -0.2) is 13.6 Å². The van der Waals surface area contributed by atoms with Crippen LogP contribution in [-0.4, -0.2) is 13.4 Å². The highest BCUT2D eigenvalue weighted by Crippen LogP contribution is 2.23. The van der Waals surface area contributed by atoms with Crippen molar-refractivity contribution in [2.24, 2.45) is 5.14 Å². The summed E-state index contributed by atoms with van der Waals surface area (Å²) in [5.41, 5.74) is 2.45. The molecular formula is C13H13Br2N3O2S. The second kappa shape index (κ2) is 6.43. The van der Waals surface area contributed by atoms with Gasteiger partial charge < -0.3 is 5.32 Å². The topological polar surface area (TPSA) is 85.1 Å². The Morgan fingerprint density at radius 1 is 1.29 bits per heavy atom. The molecule has 0 amide bonds. The van der Waals surface area contributed by atoms with Crippen LogP contribution in [0.3, 0.4) is 0 Å². The molecule has 21 heavy (non-hydrogen) atoms. The molecular weight excluding hydrogens is 422 g/mol. The maximum atomic E-state index is 11.4. The number of sulfonamides is 1. The van der Waals surface area contributed by atoms with E-state index in [1.165, 1.54) is 12.1 Å². The Hall–Kier alpha value is -0.960. The van der Waals surface area contributed by atoms with Gasteiger partial charge in [-0.1, -0.05) is 6.07 Å². The molecule has 2 aromatic rings. The van der Waals surface area contributed by atoms with Crippen molar-refractivity contribution in [1.82, 2.24) is 4.98 Å². The van der Waals surface area contributed by atoms with Gasteiger partial charge in [-0.15, -0.1) is 0 Å². The fourth-order valence-corrected chi connectivity index (χ4v) is 3.39. The Morgan fingerprint density at radius 2 is 2.00 bits per heavy atom. The van der Waals surface area contributed by atoms with Gasteiger partial charge in [-0.05, 0) is 62.5 Å². The van der Waals surface area contributed by atoms with Crippen molar-refractivity contribution in [3.05, 3.63) is 50.7 Å². The summed E-state index contributed by atoms with van der Waals surface area (Å²) in [5, 5.41) is 8.32. The molecule has 3 N–H and O–H groups in total. The highest BCUT2D eigenvalue weighted by Gasteiger charge is 2.10. The molecule has 0 radical (unpaired) electrons. The van der Waals surface area contributed by atoms with Crippen LogP contribution in [0.1, 0.15) is 11.3 Å². The number of anilines is 1. The van der Waals surface area contributed by atoms with Gasteiger partial charge in [0.1, 0.15) is 0 Å². The maximum absolute atomic E-state index is 11.4. The van der Waals surface area contributed by atoms with Crippen LogP contribution in [0.2, 0.25) is 0 Å². The van der Waals surface area contributed by atoms with Gasteiger partial charge in [-0.3, -0.25) is 4.98 Å². The van der Waals surface area contributed by atoms with Crippen molar-refractivity contribution in [2.45, 2.75) is 18.4 Å². The zero-order valence-electron chi connectivity index (χ0n) is 11.1.